The smallest absolute Gasteiger partial charge is 0.319 e. The number of urea groups is 1. The van der Waals surface area contributed by atoms with Gasteiger partial charge in [-0.05, 0) is 35.7 Å². The molecule has 1 atom stereocenters. The lowest BCUT2D eigenvalue weighted by atomic mass is 10.2. The number of nitrogens with zero attached hydrogens (tertiary/aromatic N) is 1. The molecule has 2 heterocycles. The molecule has 1 aliphatic rings. The molecule has 0 bridgehead atoms. The van der Waals surface area contributed by atoms with Crippen molar-refractivity contribution < 1.29 is 14.3 Å². The van der Waals surface area contributed by atoms with Crippen molar-refractivity contribution in [2.45, 2.75) is 6.04 Å². The fourth-order valence-electron chi connectivity index (χ4n) is 2.82. The Morgan fingerprint density at radius 1 is 1.28 bits per heavy atom. The molecule has 2 aromatic rings. The molecule has 7 heteroatoms. The normalized spacial score (nSPS) is 16.2. The van der Waals surface area contributed by atoms with Crippen LogP contribution in [0.25, 0.3) is 0 Å². The molecule has 3 rings (SSSR count). The van der Waals surface area contributed by atoms with Crippen LogP contribution >= 0.6 is 11.3 Å². The number of nitrogens with one attached hydrogen (secondary N) is 2. The monoisotopic (exact) mass is 361 g/mol. The summed E-state index contributed by atoms with van der Waals surface area (Å²) in [4.78, 5) is 15.9. The Bertz CT molecular complexity index is 655. The lowest BCUT2D eigenvalue weighted by Crippen LogP contribution is -2.44. The maximum atomic E-state index is 12.2. The molecule has 0 spiro atoms. The molecular weight excluding hydrogens is 338 g/mol. The van der Waals surface area contributed by atoms with Crippen molar-refractivity contribution in [1.29, 1.82) is 0 Å². The Labute approximate surface area is 151 Å². The first-order chi connectivity index (χ1) is 12.3. The molecule has 134 valence electrons. The van der Waals surface area contributed by atoms with Gasteiger partial charge in [-0.2, -0.15) is 0 Å². The lowest BCUT2D eigenvalue weighted by Gasteiger charge is -2.34. The number of hydrogen-bond donors (Lipinski definition) is 2. The van der Waals surface area contributed by atoms with Gasteiger partial charge in [0.1, 0.15) is 5.75 Å². The molecule has 1 fully saturated rings. The van der Waals surface area contributed by atoms with Crippen molar-refractivity contribution >= 4 is 23.1 Å². The molecule has 1 saturated heterocycles. The molecule has 6 nitrogen and oxygen atoms in total. The number of rotatable bonds is 6. The highest BCUT2D eigenvalue weighted by Crippen LogP contribution is 2.25. The van der Waals surface area contributed by atoms with E-state index in [2.05, 4.69) is 27.0 Å². The lowest BCUT2D eigenvalue weighted by molar-refractivity contribution is 0.0175. The Kier molecular flexibility index (Phi) is 6.27. The van der Waals surface area contributed by atoms with Crippen molar-refractivity contribution in [1.82, 2.24) is 10.2 Å². The minimum absolute atomic E-state index is 0.172. The minimum Gasteiger partial charge on any atom is -0.497 e. The highest BCUT2D eigenvalue weighted by molar-refractivity contribution is 7.10. The molecule has 0 aliphatic carbocycles. The molecular formula is C18H23N3O3S. The predicted molar refractivity (Wildman–Crippen MR) is 99.5 cm³/mol. The number of carbonyl (C=O) groups is 1. The third-order valence-electron chi connectivity index (χ3n) is 4.16. The third-order valence-corrected chi connectivity index (χ3v) is 5.14. The first-order valence-corrected chi connectivity index (χ1v) is 9.18. The van der Waals surface area contributed by atoms with E-state index < -0.39 is 0 Å². The number of thiophene rings is 1. The zero-order valence-electron chi connectivity index (χ0n) is 14.2. The Balaban J connectivity index is 1.57. The largest absolute Gasteiger partial charge is 0.497 e. The van der Waals surface area contributed by atoms with Crippen LogP contribution in [0.1, 0.15) is 10.9 Å². The Hall–Kier alpha value is -2.09. The summed E-state index contributed by atoms with van der Waals surface area (Å²) in [6, 6.07) is 11.4. The number of morpholine rings is 1. The molecule has 2 N–H and O–H groups in total. The number of amides is 2. The first-order valence-electron chi connectivity index (χ1n) is 8.30. The fraction of sp³-hybridized carbons (Fsp3) is 0.389. The summed E-state index contributed by atoms with van der Waals surface area (Å²) in [5, 5.41) is 7.91. The van der Waals surface area contributed by atoms with Crippen LogP contribution in [0.4, 0.5) is 10.5 Å². The van der Waals surface area contributed by atoms with E-state index in [1.807, 2.05) is 30.3 Å². The zero-order valence-corrected chi connectivity index (χ0v) is 15.1. The third kappa shape index (κ3) is 4.94. The van der Waals surface area contributed by atoms with E-state index >= 15 is 0 Å². The van der Waals surface area contributed by atoms with Gasteiger partial charge in [-0.3, -0.25) is 4.90 Å². The van der Waals surface area contributed by atoms with Crippen molar-refractivity contribution in [2.24, 2.45) is 0 Å². The Morgan fingerprint density at radius 3 is 2.68 bits per heavy atom. The van der Waals surface area contributed by atoms with Gasteiger partial charge in [-0.15, -0.1) is 11.3 Å². The second-order valence-electron chi connectivity index (χ2n) is 5.74. The van der Waals surface area contributed by atoms with Gasteiger partial charge in [-0.1, -0.05) is 6.07 Å². The van der Waals surface area contributed by atoms with Crippen LogP contribution in [0.15, 0.2) is 41.8 Å². The highest BCUT2D eigenvalue weighted by atomic mass is 32.1. The van der Waals surface area contributed by atoms with Gasteiger partial charge < -0.3 is 20.1 Å². The predicted octanol–water partition coefficient (Wildman–Crippen LogP) is 2.95. The molecule has 1 aliphatic heterocycles. The summed E-state index contributed by atoms with van der Waals surface area (Å²) >= 11 is 1.72. The van der Waals surface area contributed by atoms with E-state index in [0.717, 1.165) is 37.7 Å². The number of benzene rings is 1. The molecule has 2 amide bonds. The number of carbonyl (C=O) groups excluding carboxylic acids is 1. The standard InChI is InChI=1S/C18H23N3O3S/c1-23-15-6-4-14(5-7-15)20-18(22)19-13-16(17-3-2-12-25-17)21-8-10-24-11-9-21/h2-7,12,16H,8-11,13H2,1H3,(H2,19,20,22). The first kappa shape index (κ1) is 17.7. The van der Waals surface area contributed by atoms with Gasteiger partial charge in [0.2, 0.25) is 0 Å². The molecule has 0 saturated carbocycles. The summed E-state index contributed by atoms with van der Waals surface area (Å²) in [6.07, 6.45) is 0. The van der Waals surface area contributed by atoms with Crippen molar-refractivity contribution in [2.75, 3.05) is 45.3 Å². The van der Waals surface area contributed by atoms with Gasteiger partial charge in [0.25, 0.3) is 0 Å². The number of ether oxygens (including phenoxy) is 2. The van der Waals surface area contributed by atoms with E-state index in [4.69, 9.17) is 9.47 Å². The van der Waals surface area contributed by atoms with E-state index in [9.17, 15) is 4.79 Å². The quantitative estimate of drug-likeness (QED) is 0.830. The van der Waals surface area contributed by atoms with E-state index in [0.29, 0.717) is 6.54 Å². The van der Waals surface area contributed by atoms with Crippen molar-refractivity contribution in [3.63, 3.8) is 0 Å². The molecule has 0 radical (unpaired) electrons. The van der Waals surface area contributed by atoms with E-state index in [1.54, 1.807) is 18.4 Å². The average molecular weight is 361 g/mol. The second kappa shape index (κ2) is 8.84. The summed E-state index contributed by atoms with van der Waals surface area (Å²) in [5.41, 5.74) is 0.734. The Morgan fingerprint density at radius 2 is 2.04 bits per heavy atom. The van der Waals surface area contributed by atoms with Gasteiger partial charge in [0, 0.05) is 30.2 Å². The van der Waals surface area contributed by atoms with Crippen LogP contribution < -0.4 is 15.4 Å². The van der Waals surface area contributed by atoms with Gasteiger partial charge in [0.05, 0.1) is 26.4 Å². The topological polar surface area (TPSA) is 62.8 Å². The zero-order chi connectivity index (χ0) is 17.5. The van der Waals surface area contributed by atoms with Crippen LogP contribution in [0.3, 0.4) is 0 Å². The molecule has 1 unspecified atom stereocenters. The maximum absolute atomic E-state index is 12.2. The number of hydrogen-bond acceptors (Lipinski definition) is 5. The summed E-state index contributed by atoms with van der Waals surface area (Å²) in [7, 11) is 1.62. The van der Waals surface area contributed by atoms with Gasteiger partial charge in [0.15, 0.2) is 0 Å². The highest BCUT2D eigenvalue weighted by Gasteiger charge is 2.23. The number of methoxy groups -OCH3 is 1. The summed E-state index contributed by atoms with van der Waals surface area (Å²) in [5.74, 6) is 0.760. The number of anilines is 1. The van der Waals surface area contributed by atoms with Gasteiger partial charge in [-0.25, -0.2) is 4.79 Å². The van der Waals surface area contributed by atoms with Crippen LogP contribution in [-0.4, -0.2) is 50.9 Å². The average Bonchev–Trinajstić information content (AvgIpc) is 3.18. The van der Waals surface area contributed by atoms with Crippen LogP contribution in [0.5, 0.6) is 5.75 Å². The summed E-state index contributed by atoms with van der Waals surface area (Å²) < 4.78 is 10.6. The second-order valence-corrected chi connectivity index (χ2v) is 6.72. The van der Waals surface area contributed by atoms with E-state index in [-0.39, 0.29) is 12.1 Å². The fourth-order valence-corrected chi connectivity index (χ4v) is 3.68. The van der Waals surface area contributed by atoms with Gasteiger partial charge >= 0.3 is 6.03 Å². The van der Waals surface area contributed by atoms with Crippen LogP contribution in [0.2, 0.25) is 0 Å². The van der Waals surface area contributed by atoms with Crippen molar-refractivity contribution in [3.05, 3.63) is 46.7 Å². The molecule has 25 heavy (non-hydrogen) atoms. The summed E-state index contributed by atoms with van der Waals surface area (Å²) in [6.45, 7) is 3.79. The van der Waals surface area contributed by atoms with E-state index in [1.165, 1.54) is 4.88 Å². The minimum atomic E-state index is -0.208. The van der Waals surface area contributed by atoms with Crippen LogP contribution in [0, 0.1) is 0 Å². The maximum Gasteiger partial charge on any atom is 0.319 e. The molecule has 1 aromatic heterocycles. The van der Waals surface area contributed by atoms with Crippen molar-refractivity contribution in [3.8, 4) is 5.75 Å². The SMILES string of the molecule is COc1ccc(NC(=O)NCC(c2cccs2)N2CCOCC2)cc1. The molecule has 1 aromatic carbocycles. The van der Waals surface area contributed by atoms with Crippen LogP contribution in [-0.2, 0) is 4.74 Å².